The van der Waals surface area contributed by atoms with E-state index >= 15 is 0 Å². The average molecular weight is 276 g/mol. The van der Waals surface area contributed by atoms with E-state index in [4.69, 9.17) is 5.73 Å². The molecule has 0 fully saturated rings. The van der Waals surface area contributed by atoms with Gasteiger partial charge in [0.25, 0.3) is 0 Å². The normalized spacial score (nSPS) is 12.8. The molecular formula is C15H20N2OS. The minimum Gasteiger partial charge on any atom is -0.399 e. The second kappa shape index (κ2) is 6.70. The molecular weight excluding hydrogens is 256 g/mol. The molecule has 2 rings (SSSR count). The molecule has 0 saturated heterocycles. The van der Waals surface area contributed by atoms with Gasteiger partial charge in [-0.3, -0.25) is 0 Å². The van der Waals surface area contributed by atoms with Gasteiger partial charge in [-0.1, -0.05) is 18.2 Å². The third kappa shape index (κ3) is 4.35. The highest BCUT2D eigenvalue weighted by Gasteiger charge is 2.10. The van der Waals surface area contributed by atoms with Crippen LogP contribution in [0.2, 0.25) is 0 Å². The summed E-state index contributed by atoms with van der Waals surface area (Å²) in [6.07, 6.45) is 0.566. The summed E-state index contributed by atoms with van der Waals surface area (Å²) in [6.45, 7) is 1.59. The molecule has 0 aliphatic carbocycles. The summed E-state index contributed by atoms with van der Waals surface area (Å²) in [5.74, 6) is 0. The second-order valence-electron chi connectivity index (χ2n) is 4.77. The number of nitrogens with zero attached hydrogens (tertiary/aromatic N) is 1. The molecule has 4 heteroatoms. The number of anilines is 1. The Balaban J connectivity index is 1.81. The molecule has 3 nitrogen and oxygen atoms in total. The third-order valence-corrected chi connectivity index (χ3v) is 4.06. The molecule has 19 heavy (non-hydrogen) atoms. The van der Waals surface area contributed by atoms with Gasteiger partial charge in [-0.15, -0.1) is 11.3 Å². The van der Waals surface area contributed by atoms with Gasteiger partial charge in [0.2, 0.25) is 0 Å². The Bertz CT molecular complexity index is 481. The topological polar surface area (TPSA) is 49.5 Å². The molecule has 0 amide bonds. The number of aliphatic hydroxyl groups is 1. The van der Waals surface area contributed by atoms with Gasteiger partial charge in [0, 0.05) is 23.7 Å². The van der Waals surface area contributed by atoms with Crippen molar-refractivity contribution in [1.29, 1.82) is 0 Å². The fourth-order valence-electron chi connectivity index (χ4n) is 1.97. The van der Waals surface area contributed by atoms with Crippen molar-refractivity contribution in [2.45, 2.75) is 12.5 Å². The lowest BCUT2D eigenvalue weighted by atomic mass is 10.1. The molecule has 1 atom stereocenters. The number of rotatable bonds is 6. The molecule has 1 aromatic carbocycles. The maximum Gasteiger partial charge on any atom is 0.0916 e. The highest BCUT2D eigenvalue weighted by Crippen LogP contribution is 2.16. The van der Waals surface area contributed by atoms with E-state index in [1.807, 2.05) is 31.3 Å². The monoisotopic (exact) mass is 276 g/mol. The van der Waals surface area contributed by atoms with E-state index in [2.05, 4.69) is 22.4 Å². The summed E-state index contributed by atoms with van der Waals surface area (Å²) in [5.41, 5.74) is 7.28. The number of benzene rings is 1. The van der Waals surface area contributed by atoms with Crippen LogP contribution in [-0.2, 0) is 6.42 Å². The van der Waals surface area contributed by atoms with Crippen molar-refractivity contribution in [3.63, 3.8) is 0 Å². The summed E-state index contributed by atoms with van der Waals surface area (Å²) in [7, 11) is 2.04. The number of hydrogen-bond donors (Lipinski definition) is 2. The summed E-state index contributed by atoms with van der Waals surface area (Å²) in [6, 6.07) is 11.6. The lowest BCUT2D eigenvalue weighted by Crippen LogP contribution is -2.26. The lowest BCUT2D eigenvalue weighted by Gasteiger charge is -2.20. The molecule has 3 N–H and O–H groups in total. The molecule has 1 unspecified atom stereocenters. The van der Waals surface area contributed by atoms with Gasteiger partial charge in [-0.25, -0.2) is 0 Å². The van der Waals surface area contributed by atoms with Gasteiger partial charge in [0.15, 0.2) is 0 Å². The molecule has 0 aliphatic heterocycles. The minimum absolute atomic E-state index is 0.464. The first kappa shape index (κ1) is 14.1. The molecule has 102 valence electrons. The van der Waals surface area contributed by atoms with Crippen LogP contribution in [0.4, 0.5) is 5.69 Å². The average Bonchev–Trinajstić information content (AvgIpc) is 2.90. The van der Waals surface area contributed by atoms with E-state index in [1.54, 1.807) is 11.3 Å². The number of hydrogen-bond acceptors (Lipinski definition) is 4. The quantitative estimate of drug-likeness (QED) is 0.797. The van der Waals surface area contributed by atoms with Crippen molar-refractivity contribution < 1.29 is 5.11 Å². The first-order chi connectivity index (χ1) is 9.15. The molecule has 2 aromatic rings. The zero-order valence-corrected chi connectivity index (χ0v) is 11.9. The molecule has 0 saturated carbocycles. The van der Waals surface area contributed by atoms with Crippen molar-refractivity contribution in [3.05, 3.63) is 52.2 Å². The van der Waals surface area contributed by atoms with Gasteiger partial charge in [0.05, 0.1) is 6.10 Å². The van der Waals surface area contributed by atoms with Crippen LogP contribution in [0.5, 0.6) is 0 Å². The number of nitrogens with two attached hydrogens (primary N) is 1. The van der Waals surface area contributed by atoms with E-state index in [9.17, 15) is 5.11 Å². The standard InChI is InChI=1S/C15H20N2OS/c1-17(9-8-14-3-2-10-19-14)11-15(18)12-4-6-13(16)7-5-12/h2-7,10,15,18H,8-9,11,16H2,1H3. The van der Waals surface area contributed by atoms with Crippen LogP contribution < -0.4 is 5.73 Å². The fourth-order valence-corrected chi connectivity index (χ4v) is 2.66. The first-order valence-electron chi connectivity index (χ1n) is 6.39. The van der Waals surface area contributed by atoms with Crippen molar-refractivity contribution >= 4 is 17.0 Å². The lowest BCUT2D eigenvalue weighted by molar-refractivity contribution is 0.127. The van der Waals surface area contributed by atoms with Crippen LogP contribution in [0.3, 0.4) is 0 Å². The number of aliphatic hydroxyl groups excluding tert-OH is 1. The summed E-state index contributed by atoms with van der Waals surface area (Å²) < 4.78 is 0. The highest BCUT2D eigenvalue weighted by molar-refractivity contribution is 7.09. The fraction of sp³-hybridized carbons (Fsp3) is 0.333. The van der Waals surface area contributed by atoms with Gasteiger partial charge in [0.1, 0.15) is 0 Å². The molecule has 0 bridgehead atoms. The zero-order valence-electron chi connectivity index (χ0n) is 11.1. The highest BCUT2D eigenvalue weighted by atomic mass is 32.1. The number of likely N-dealkylation sites (N-methyl/N-ethyl adjacent to an activating group) is 1. The van der Waals surface area contributed by atoms with Crippen LogP contribution in [0.25, 0.3) is 0 Å². The van der Waals surface area contributed by atoms with Crippen LogP contribution in [0.1, 0.15) is 16.5 Å². The molecule has 0 aliphatic rings. The first-order valence-corrected chi connectivity index (χ1v) is 7.27. The minimum atomic E-state index is -0.464. The Morgan fingerprint density at radius 1 is 1.26 bits per heavy atom. The van der Waals surface area contributed by atoms with Crippen LogP contribution in [0, 0.1) is 0 Å². The van der Waals surface area contributed by atoms with E-state index in [0.717, 1.165) is 24.2 Å². The zero-order chi connectivity index (χ0) is 13.7. The van der Waals surface area contributed by atoms with Gasteiger partial charge in [-0.05, 0) is 42.6 Å². The summed E-state index contributed by atoms with van der Waals surface area (Å²) in [5, 5.41) is 12.3. The van der Waals surface area contributed by atoms with E-state index in [-0.39, 0.29) is 0 Å². The number of thiophene rings is 1. The Kier molecular flexibility index (Phi) is 4.96. The Morgan fingerprint density at radius 2 is 2.00 bits per heavy atom. The van der Waals surface area contributed by atoms with Crippen LogP contribution in [0.15, 0.2) is 41.8 Å². The maximum atomic E-state index is 10.2. The Labute approximate surface area is 118 Å². The van der Waals surface area contributed by atoms with Crippen LogP contribution >= 0.6 is 11.3 Å². The van der Waals surface area contributed by atoms with Gasteiger partial charge >= 0.3 is 0 Å². The van der Waals surface area contributed by atoms with Crippen LogP contribution in [-0.4, -0.2) is 30.1 Å². The van der Waals surface area contributed by atoms with E-state index in [0.29, 0.717) is 6.54 Å². The van der Waals surface area contributed by atoms with Crippen molar-refractivity contribution in [2.75, 3.05) is 25.9 Å². The van der Waals surface area contributed by atoms with Crippen molar-refractivity contribution in [2.24, 2.45) is 0 Å². The molecule has 1 heterocycles. The van der Waals surface area contributed by atoms with Gasteiger partial charge < -0.3 is 15.7 Å². The van der Waals surface area contributed by atoms with Gasteiger partial charge in [-0.2, -0.15) is 0 Å². The summed E-state index contributed by atoms with van der Waals surface area (Å²) in [4.78, 5) is 3.54. The largest absolute Gasteiger partial charge is 0.399 e. The smallest absolute Gasteiger partial charge is 0.0916 e. The predicted molar refractivity (Wildman–Crippen MR) is 81.3 cm³/mol. The predicted octanol–water partition coefficient (Wildman–Crippen LogP) is 2.54. The van der Waals surface area contributed by atoms with Crippen molar-refractivity contribution in [1.82, 2.24) is 4.90 Å². The second-order valence-corrected chi connectivity index (χ2v) is 5.81. The Morgan fingerprint density at radius 3 is 2.63 bits per heavy atom. The third-order valence-electron chi connectivity index (χ3n) is 3.13. The molecule has 1 aromatic heterocycles. The molecule has 0 radical (unpaired) electrons. The summed E-state index contributed by atoms with van der Waals surface area (Å²) >= 11 is 1.78. The van der Waals surface area contributed by atoms with E-state index < -0.39 is 6.10 Å². The maximum absolute atomic E-state index is 10.2. The number of nitrogen functional groups attached to an aromatic ring is 1. The van der Waals surface area contributed by atoms with Crippen molar-refractivity contribution in [3.8, 4) is 0 Å². The Hall–Kier alpha value is -1.36. The molecule has 0 spiro atoms. The van der Waals surface area contributed by atoms with E-state index in [1.165, 1.54) is 4.88 Å². The SMILES string of the molecule is CN(CCc1cccs1)CC(O)c1ccc(N)cc1.